The molecule has 3 N–H and O–H groups in total. The van der Waals surface area contributed by atoms with Gasteiger partial charge in [-0.3, -0.25) is 5.10 Å². The van der Waals surface area contributed by atoms with Gasteiger partial charge in [-0.05, 0) is 48.9 Å². The standard InChI is InChI=1S/C25H24N4O3/c1-30-20-13-16(11-12-19(20)31-17-9-5-6-10-17)21-18(14-26)24(27)32-25-22(21)23(28-29-25)15-7-3-2-4-8-15/h2-4,7-8,11-13,17,21H,5-6,9-10,27H2,1H3,(H,28,29)/t21-/m1/s1. The summed E-state index contributed by atoms with van der Waals surface area (Å²) in [5.41, 5.74) is 9.81. The summed E-state index contributed by atoms with van der Waals surface area (Å²) in [5, 5.41) is 17.3. The Morgan fingerprint density at radius 2 is 1.91 bits per heavy atom. The van der Waals surface area contributed by atoms with Gasteiger partial charge in [0.25, 0.3) is 0 Å². The highest BCUT2D eigenvalue weighted by Crippen LogP contribution is 2.47. The molecule has 7 nitrogen and oxygen atoms in total. The zero-order valence-electron chi connectivity index (χ0n) is 17.8. The van der Waals surface area contributed by atoms with Crippen LogP contribution in [0, 0.1) is 11.3 Å². The largest absolute Gasteiger partial charge is 0.493 e. The summed E-state index contributed by atoms with van der Waals surface area (Å²) in [6.07, 6.45) is 4.71. The van der Waals surface area contributed by atoms with Gasteiger partial charge in [0.2, 0.25) is 11.8 Å². The van der Waals surface area contributed by atoms with Crippen molar-refractivity contribution in [3.05, 3.63) is 71.1 Å². The van der Waals surface area contributed by atoms with Crippen molar-refractivity contribution in [2.45, 2.75) is 37.7 Å². The summed E-state index contributed by atoms with van der Waals surface area (Å²) in [6.45, 7) is 0. The van der Waals surface area contributed by atoms with Crippen LogP contribution in [-0.4, -0.2) is 23.4 Å². The molecule has 32 heavy (non-hydrogen) atoms. The molecule has 3 aromatic rings. The minimum Gasteiger partial charge on any atom is -0.493 e. The molecular weight excluding hydrogens is 404 g/mol. The van der Waals surface area contributed by atoms with Crippen molar-refractivity contribution in [3.63, 3.8) is 0 Å². The molecule has 0 unspecified atom stereocenters. The van der Waals surface area contributed by atoms with Crippen molar-refractivity contribution in [3.8, 4) is 34.7 Å². The molecular formula is C25H24N4O3. The lowest BCUT2D eigenvalue weighted by Crippen LogP contribution is -2.21. The molecule has 0 saturated heterocycles. The lowest BCUT2D eigenvalue weighted by molar-refractivity contribution is 0.200. The van der Waals surface area contributed by atoms with Gasteiger partial charge in [-0.25, -0.2) is 0 Å². The third-order valence-corrected chi connectivity index (χ3v) is 6.12. The molecule has 2 aromatic carbocycles. The van der Waals surface area contributed by atoms with E-state index in [0.29, 0.717) is 23.0 Å². The van der Waals surface area contributed by atoms with E-state index < -0.39 is 5.92 Å². The number of ether oxygens (including phenoxy) is 3. The number of nitrogens with one attached hydrogen (secondary N) is 1. The first-order chi connectivity index (χ1) is 15.7. The Morgan fingerprint density at radius 3 is 2.62 bits per heavy atom. The maximum Gasteiger partial charge on any atom is 0.244 e. The van der Waals surface area contributed by atoms with E-state index in [0.717, 1.165) is 35.2 Å². The van der Waals surface area contributed by atoms with Crippen molar-refractivity contribution in [1.82, 2.24) is 10.2 Å². The second-order valence-corrected chi connectivity index (χ2v) is 8.04. The Bertz CT molecular complexity index is 1200. The number of aromatic nitrogens is 2. The Hall–Kier alpha value is -3.92. The highest BCUT2D eigenvalue weighted by atomic mass is 16.5. The Morgan fingerprint density at radius 1 is 1.12 bits per heavy atom. The number of nitriles is 1. The molecule has 1 aromatic heterocycles. The smallest absolute Gasteiger partial charge is 0.244 e. The van der Waals surface area contributed by atoms with Crippen molar-refractivity contribution < 1.29 is 14.2 Å². The molecule has 0 amide bonds. The normalized spacial score (nSPS) is 18.1. The molecule has 162 valence electrons. The molecule has 1 saturated carbocycles. The molecule has 7 heteroatoms. The minimum absolute atomic E-state index is 0.0568. The van der Waals surface area contributed by atoms with Crippen LogP contribution >= 0.6 is 0 Å². The zero-order chi connectivity index (χ0) is 22.1. The van der Waals surface area contributed by atoms with E-state index in [-0.39, 0.29) is 12.0 Å². The van der Waals surface area contributed by atoms with Crippen LogP contribution in [0.5, 0.6) is 17.4 Å². The van der Waals surface area contributed by atoms with Gasteiger partial charge in [-0.15, -0.1) is 5.10 Å². The maximum absolute atomic E-state index is 9.93. The first kappa shape index (κ1) is 20.0. The average Bonchev–Trinajstić information content (AvgIpc) is 3.49. The van der Waals surface area contributed by atoms with Crippen molar-refractivity contribution in [2.75, 3.05) is 7.11 Å². The predicted octanol–water partition coefficient (Wildman–Crippen LogP) is 4.62. The molecule has 0 bridgehead atoms. The molecule has 0 spiro atoms. The second-order valence-electron chi connectivity index (χ2n) is 8.04. The third kappa shape index (κ3) is 3.44. The van der Waals surface area contributed by atoms with Gasteiger partial charge >= 0.3 is 0 Å². The van der Waals surface area contributed by atoms with Gasteiger partial charge in [-0.2, -0.15) is 5.26 Å². The van der Waals surface area contributed by atoms with E-state index in [1.807, 2.05) is 48.5 Å². The summed E-state index contributed by atoms with van der Waals surface area (Å²) >= 11 is 0. The molecule has 2 heterocycles. The van der Waals surface area contributed by atoms with Crippen LogP contribution < -0.4 is 19.9 Å². The number of methoxy groups -OCH3 is 1. The van der Waals surface area contributed by atoms with E-state index in [1.165, 1.54) is 12.8 Å². The van der Waals surface area contributed by atoms with Crippen molar-refractivity contribution in [1.29, 1.82) is 5.26 Å². The van der Waals surface area contributed by atoms with Gasteiger partial charge < -0.3 is 19.9 Å². The summed E-state index contributed by atoms with van der Waals surface area (Å²) in [5.74, 6) is 1.31. The molecule has 0 radical (unpaired) electrons. The van der Waals surface area contributed by atoms with Crippen LogP contribution in [0.2, 0.25) is 0 Å². The summed E-state index contributed by atoms with van der Waals surface area (Å²) < 4.78 is 17.5. The zero-order valence-corrected chi connectivity index (χ0v) is 17.8. The lowest BCUT2D eigenvalue weighted by Gasteiger charge is -2.25. The van der Waals surface area contributed by atoms with Gasteiger partial charge in [0.05, 0.1) is 30.4 Å². The van der Waals surface area contributed by atoms with Crippen LogP contribution in [0.1, 0.15) is 42.7 Å². The van der Waals surface area contributed by atoms with E-state index in [1.54, 1.807) is 7.11 Å². The monoisotopic (exact) mass is 428 g/mol. The fraction of sp³-hybridized carbons (Fsp3) is 0.280. The molecule has 1 aliphatic carbocycles. The molecule has 1 atom stereocenters. The lowest BCUT2D eigenvalue weighted by atomic mass is 9.83. The number of H-pyrrole nitrogens is 1. The number of allylic oxidation sites excluding steroid dienone is 1. The highest BCUT2D eigenvalue weighted by molar-refractivity contribution is 5.71. The molecule has 1 aliphatic heterocycles. The van der Waals surface area contributed by atoms with Crippen LogP contribution in [0.15, 0.2) is 60.0 Å². The number of rotatable bonds is 5. The van der Waals surface area contributed by atoms with Crippen molar-refractivity contribution in [2.24, 2.45) is 5.73 Å². The fourth-order valence-corrected chi connectivity index (χ4v) is 4.55. The summed E-state index contributed by atoms with van der Waals surface area (Å²) in [7, 11) is 1.62. The molecule has 5 rings (SSSR count). The van der Waals surface area contributed by atoms with E-state index >= 15 is 0 Å². The minimum atomic E-state index is -0.452. The fourth-order valence-electron chi connectivity index (χ4n) is 4.55. The second kappa shape index (κ2) is 8.31. The number of hydrogen-bond acceptors (Lipinski definition) is 6. The van der Waals surface area contributed by atoms with Crippen LogP contribution in [-0.2, 0) is 0 Å². The molecule has 1 fully saturated rings. The summed E-state index contributed by atoms with van der Waals surface area (Å²) in [4.78, 5) is 0. The van der Waals surface area contributed by atoms with Gasteiger partial charge in [0.15, 0.2) is 11.5 Å². The number of aromatic amines is 1. The first-order valence-corrected chi connectivity index (χ1v) is 10.8. The maximum atomic E-state index is 9.93. The predicted molar refractivity (Wildman–Crippen MR) is 119 cm³/mol. The highest BCUT2D eigenvalue weighted by Gasteiger charge is 2.36. The first-order valence-electron chi connectivity index (χ1n) is 10.8. The third-order valence-electron chi connectivity index (χ3n) is 6.12. The number of fused-ring (bicyclic) bond motifs is 1. The van der Waals surface area contributed by atoms with Gasteiger partial charge in [0.1, 0.15) is 11.6 Å². The average molecular weight is 428 g/mol. The van der Waals surface area contributed by atoms with E-state index in [4.69, 9.17) is 19.9 Å². The van der Waals surface area contributed by atoms with Crippen LogP contribution in [0.3, 0.4) is 0 Å². The quantitative estimate of drug-likeness (QED) is 0.614. The summed E-state index contributed by atoms with van der Waals surface area (Å²) in [6, 6.07) is 17.8. The number of benzene rings is 2. The SMILES string of the molecule is COc1cc([C@@H]2C(C#N)=C(N)Oc3n[nH]c(-c4ccccc4)c32)ccc1OC1CCCC1. The van der Waals surface area contributed by atoms with Crippen LogP contribution in [0.25, 0.3) is 11.3 Å². The Kier molecular flexibility index (Phi) is 5.20. The van der Waals surface area contributed by atoms with Gasteiger partial charge in [-0.1, -0.05) is 36.4 Å². The number of nitrogens with two attached hydrogens (primary N) is 1. The van der Waals surface area contributed by atoms with Crippen molar-refractivity contribution >= 4 is 0 Å². The Labute approximate surface area is 186 Å². The van der Waals surface area contributed by atoms with Crippen LogP contribution in [0.4, 0.5) is 0 Å². The molecule has 2 aliphatic rings. The van der Waals surface area contributed by atoms with E-state index in [9.17, 15) is 5.26 Å². The number of nitrogens with zero attached hydrogens (tertiary/aromatic N) is 2. The van der Waals surface area contributed by atoms with Gasteiger partial charge in [0, 0.05) is 0 Å². The number of hydrogen-bond donors (Lipinski definition) is 2. The Balaban J connectivity index is 1.61. The topological polar surface area (TPSA) is 106 Å². The van der Waals surface area contributed by atoms with E-state index in [2.05, 4.69) is 16.3 Å².